The molecule has 0 unspecified atom stereocenters. The van der Waals surface area contributed by atoms with Crippen molar-refractivity contribution in [1.29, 1.82) is 0 Å². The lowest BCUT2D eigenvalue weighted by Crippen LogP contribution is -2.56. The van der Waals surface area contributed by atoms with Gasteiger partial charge in [-0.3, -0.25) is 9.59 Å². The Labute approximate surface area is 137 Å². The molecule has 1 aliphatic heterocycles. The molecule has 0 spiro atoms. The molecule has 0 atom stereocenters. The highest BCUT2D eigenvalue weighted by atomic mass is 16.2. The minimum absolute atomic E-state index is 0.00358. The van der Waals surface area contributed by atoms with E-state index in [2.05, 4.69) is 36.5 Å². The van der Waals surface area contributed by atoms with Crippen molar-refractivity contribution >= 4 is 11.8 Å². The Morgan fingerprint density at radius 3 is 2.70 bits per heavy atom. The zero-order valence-electron chi connectivity index (χ0n) is 13.7. The maximum atomic E-state index is 12.1. The summed E-state index contributed by atoms with van der Waals surface area (Å²) in [7, 11) is 0. The predicted molar refractivity (Wildman–Crippen MR) is 88.9 cm³/mol. The number of hydrogen-bond acceptors (Lipinski definition) is 3. The molecule has 5 nitrogen and oxygen atoms in total. The van der Waals surface area contributed by atoms with Crippen LogP contribution in [-0.2, 0) is 15.0 Å². The zero-order chi connectivity index (χ0) is 16.4. The third kappa shape index (κ3) is 3.11. The summed E-state index contributed by atoms with van der Waals surface area (Å²) in [6, 6.07) is 8.75. The number of benzene rings is 1. The molecule has 1 aromatic rings. The lowest BCUT2D eigenvalue weighted by molar-refractivity contribution is -0.143. The van der Waals surface area contributed by atoms with Crippen LogP contribution in [0, 0.1) is 6.92 Å². The second-order valence-corrected chi connectivity index (χ2v) is 6.88. The van der Waals surface area contributed by atoms with Crippen molar-refractivity contribution in [3.8, 4) is 0 Å². The van der Waals surface area contributed by atoms with Crippen LogP contribution in [0.4, 0.5) is 0 Å². The molecule has 2 aliphatic rings. The molecule has 1 saturated heterocycles. The number of rotatable bonds is 3. The van der Waals surface area contributed by atoms with Gasteiger partial charge in [0.05, 0.1) is 13.1 Å². The largest absolute Gasteiger partial charge is 0.345 e. The van der Waals surface area contributed by atoms with E-state index in [0.717, 1.165) is 25.7 Å². The quantitative estimate of drug-likeness (QED) is 0.877. The highest BCUT2D eigenvalue weighted by Gasteiger charge is 2.39. The molecule has 1 aliphatic carbocycles. The molecule has 2 fully saturated rings. The summed E-state index contributed by atoms with van der Waals surface area (Å²) in [4.78, 5) is 25.4. The smallest absolute Gasteiger partial charge is 0.242 e. The van der Waals surface area contributed by atoms with E-state index in [4.69, 9.17) is 5.73 Å². The fourth-order valence-corrected chi connectivity index (χ4v) is 3.96. The van der Waals surface area contributed by atoms with Crippen LogP contribution in [0.2, 0.25) is 0 Å². The molecule has 124 valence electrons. The van der Waals surface area contributed by atoms with E-state index in [0.29, 0.717) is 6.54 Å². The third-order valence-electron chi connectivity index (χ3n) is 5.45. The van der Waals surface area contributed by atoms with Crippen molar-refractivity contribution in [2.24, 2.45) is 5.73 Å². The first-order valence-corrected chi connectivity index (χ1v) is 8.37. The Hall–Kier alpha value is -1.88. The standard InChI is InChI=1S/C18H25N3O2/c1-13-3-2-4-14(9-13)18(12-19)7-5-15(6-8-18)21-11-16(22)20-10-17(21)23/h2-4,9,15H,5-8,10-12,19H2,1H3,(H,20,22). The summed E-state index contributed by atoms with van der Waals surface area (Å²) in [5.41, 5.74) is 8.71. The fourth-order valence-electron chi connectivity index (χ4n) is 3.96. The van der Waals surface area contributed by atoms with Gasteiger partial charge in [-0.1, -0.05) is 29.8 Å². The molecule has 0 bridgehead atoms. The van der Waals surface area contributed by atoms with Crippen molar-refractivity contribution < 1.29 is 9.59 Å². The second-order valence-electron chi connectivity index (χ2n) is 6.88. The molecule has 5 heteroatoms. The van der Waals surface area contributed by atoms with E-state index in [-0.39, 0.29) is 36.4 Å². The Balaban J connectivity index is 1.73. The van der Waals surface area contributed by atoms with Gasteiger partial charge in [-0.25, -0.2) is 0 Å². The number of aryl methyl sites for hydroxylation is 1. The summed E-state index contributed by atoms with van der Waals surface area (Å²) in [5.74, 6) is -0.0238. The van der Waals surface area contributed by atoms with Crippen LogP contribution in [0.5, 0.6) is 0 Å². The third-order valence-corrected chi connectivity index (χ3v) is 5.45. The average molecular weight is 315 g/mol. The summed E-state index contributed by atoms with van der Waals surface area (Å²) in [5, 5.41) is 2.61. The number of amides is 2. The monoisotopic (exact) mass is 315 g/mol. The number of hydrogen-bond donors (Lipinski definition) is 2. The van der Waals surface area contributed by atoms with E-state index in [1.54, 1.807) is 4.90 Å². The first kappa shape index (κ1) is 16.0. The average Bonchev–Trinajstić information content (AvgIpc) is 2.57. The number of piperazine rings is 1. The van der Waals surface area contributed by atoms with E-state index in [1.807, 2.05) is 0 Å². The Morgan fingerprint density at radius 1 is 1.30 bits per heavy atom. The summed E-state index contributed by atoms with van der Waals surface area (Å²) in [6.07, 6.45) is 3.74. The molecule has 23 heavy (non-hydrogen) atoms. The molecule has 1 heterocycles. The number of carbonyl (C=O) groups is 2. The fraction of sp³-hybridized carbons (Fsp3) is 0.556. The van der Waals surface area contributed by atoms with Gasteiger partial charge in [0.25, 0.3) is 0 Å². The van der Waals surface area contributed by atoms with Crippen molar-refractivity contribution in [2.45, 2.75) is 44.1 Å². The molecule has 0 radical (unpaired) electrons. The van der Waals surface area contributed by atoms with Gasteiger partial charge in [0, 0.05) is 18.0 Å². The van der Waals surface area contributed by atoms with Crippen molar-refractivity contribution in [1.82, 2.24) is 10.2 Å². The highest BCUT2D eigenvalue weighted by Crippen LogP contribution is 2.40. The number of nitrogens with one attached hydrogen (secondary N) is 1. The van der Waals surface area contributed by atoms with Crippen molar-refractivity contribution in [3.05, 3.63) is 35.4 Å². The van der Waals surface area contributed by atoms with Crippen LogP contribution >= 0.6 is 0 Å². The molecule has 2 amide bonds. The van der Waals surface area contributed by atoms with Crippen LogP contribution in [0.1, 0.15) is 36.8 Å². The van der Waals surface area contributed by atoms with Gasteiger partial charge in [-0.15, -0.1) is 0 Å². The number of nitrogens with two attached hydrogens (primary N) is 1. The van der Waals surface area contributed by atoms with Crippen LogP contribution in [0.25, 0.3) is 0 Å². The number of carbonyl (C=O) groups excluding carboxylic acids is 2. The molecular weight excluding hydrogens is 290 g/mol. The Bertz CT molecular complexity index is 606. The van der Waals surface area contributed by atoms with E-state index >= 15 is 0 Å². The minimum Gasteiger partial charge on any atom is -0.345 e. The molecule has 3 rings (SSSR count). The lowest BCUT2D eigenvalue weighted by atomic mass is 9.67. The van der Waals surface area contributed by atoms with Gasteiger partial charge in [-0.2, -0.15) is 0 Å². The molecule has 1 saturated carbocycles. The first-order chi connectivity index (χ1) is 11.0. The topological polar surface area (TPSA) is 75.4 Å². The van der Waals surface area contributed by atoms with E-state index < -0.39 is 0 Å². The van der Waals surface area contributed by atoms with Gasteiger partial charge in [0.1, 0.15) is 0 Å². The maximum absolute atomic E-state index is 12.1. The van der Waals surface area contributed by atoms with Crippen LogP contribution < -0.4 is 11.1 Å². The Morgan fingerprint density at radius 2 is 2.04 bits per heavy atom. The van der Waals surface area contributed by atoms with Crippen LogP contribution in [-0.4, -0.2) is 42.4 Å². The van der Waals surface area contributed by atoms with Crippen molar-refractivity contribution in [2.75, 3.05) is 19.6 Å². The summed E-state index contributed by atoms with van der Waals surface area (Å²) >= 11 is 0. The molecule has 0 aromatic heterocycles. The Kier molecular flexibility index (Phi) is 4.39. The lowest BCUT2D eigenvalue weighted by Gasteiger charge is -2.44. The van der Waals surface area contributed by atoms with Crippen LogP contribution in [0.3, 0.4) is 0 Å². The van der Waals surface area contributed by atoms with E-state index in [1.165, 1.54) is 11.1 Å². The van der Waals surface area contributed by atoms with E-state index in [9.17, 15) is 9.59 Å². The summed E-state index contributed by atoms with van der Waals surface area (Å²) < 4.78 is 0. The SMILES string of the molecule is Cc1cccc(C2(CN)CCC(N3CC(=O)NCC3=O)CC2)c1. The molecule has 3 N–H and O–H groups in total. The molecular formula is C18H25N3O2. The number of nitrogens with zero attached hydrogens (tertiary/aromatic N) is 1. The summed E-state index contributed by atoms with van der Waals surface area (Å²) in [6.45, 7) is 3.06. The van der Waals surface area contributed by atoms with Crippen molar-refractivity contribution in [3.63, 3.8) is 0 Å². The zero-order valence-corrected chi connectivity index (χ0v) is 13.7. The second kappa shape index (κ2) is 6.32. The van der Waals surface area contributed by atoms with Gasteiger partial charge in [0.15, 0.2) is 0 Å². The normalized spacial score (nSPS) is 28.6. The predicted octanol–water partition coefficient (Wildman–Crippen LogP) is 1.09. The van der Waals surface area contributed by atoms with Gasteiger partial charge in [0.2, 0.25) is 11.8 Å². The van der Waals surface area contributed by atoms with Gasteiger partial charge < -0.3 is 16.0 Å². The maximum Gasteiger partial charge on any atom is 0.242 e. The van der Waals surface area contributed by atoms with Gasteiger partial charge in [-0.05, 0) is 38.2 Å². The molecule has 1 aromatic carbocycles. The highest BCUT2D eigenvalue weighted by molar-refractivity contribution is 5.92. The van der Waals surface area contributed by atoms with Crippen LogP contribution in [0.15, 0.2) is 24.3 Å². The van der Waals surface area contributed by atoms with Gasteiger partial charge >= 0.3 is 0 Å². The minimum atomic E-state index is -0.0565. The first-order valence-electron chi connectivity index (χ1n) is 8.37.